The molecule has 0 unspecified atom stereocenters. The minimum atomic E-state index is -0.166. The van der Waals surface area contributed by atoms with Gasteiger partial charge in [0.25, 0.3) is 5.56 Å². The molecule has 0 spiro atoms. The molecule has 1 N–H and O–H groups in total. The molecule has 3 aromatic rings. The smallest absolute Gasteiger partial charge is 0.268 e. The summed E-state index contributed by atoms with van der Waals surface area (Å²) in [6.07, 6.45) is 3.29. The number of carbonyl (C=O) groups is 1. The number of aryl methyl sites for hydroxylation is 1. The van der Waals surface area contributed by atoms with Gasteiger partial charge in [-0.05, 0) is 30.0 Å². The summed E-state index contributed by atoms with van der Waals surface area (Å²) < 4.78 is 0.604. The first-order valence-corrected chi connectivity index (χ1v) is 8.37. The highest BCUT2D eigenvalue weighted by Crippen LogP contribution is 2.14. The summed E-state index contributed by atoms with van der Waals surface area (Å²) in [6, 6.07) is 9.72. The summed E-state index contributed by atoms with van der Waals surface area (Å²) in [7, 11) is 1.68. The van der Waals surface area contributed by atoms with Gasteiger partial charge in [0.15, 0.2) is 0 Å². The Balaban J connectivity index is 1.70. The number of rotatable bonds is 4. The lowest BCUT2D eigenvalue weighted by atomic mass is 10.1. The van der Waals surface area contributed by atoms with E-state index in [1.165, 1.54) is 27.9 Å². The first kappa shape index (κ1) is 16.1. The van der Waals surface area contributed by atoms with E-state index in [4.69, 9.17) is 0 Å². The number of nitrogens with one attached hydrogen (secondary N) is 1. The van der Waals surface area contributed by atoms with Gasteiger partial charge in [0.05, 0.1) is 12.1 Å². The molecule has 0 saturated heterocycles. The maximum atomic E-state index is 12.2. The minimum Gasteiger partial charge on any atom is -0.335 e. The van der Waals surface area contributed by atoms with Gasteiger partial charge in [0.1, 0.15) is 10.5 Å². The number of likely N-dealkylation sites (N-methyl/N-ethyl adjacent to an activating group) is 1. The molecule has 2 aromatic heterocycles. The number of aromatic nitrogens is 2. The van der Waals surface area contributed by atoms with Crippen molar-refractivity contribution in [1.82, 2.24) is 14.9 Å². The molecule has 24 heavy (non-hydrogen) atoms. The minimum absolute atomic E-state index is 0.149. The second-order valence-corrected chi connectivity index (χ2v) is 6.50. The Labute approximate surface area is 143 Å². The van der Waals surface area contributed by atoms with Gasteiger partial charge in [0, 0.05) is 13.1 Å². The highest BCUT2D eigenvalue weighted by atomic mass is 32.1. The topological polar surface area (TPSA) is 66.1 Å². The van der Waals surface area contributed by atoms with Crippen LogP contribution in [0.3, 0.4) is 0 Å². The van der Waals surface area contributed by atoms with Crippen LogP contribution in [0.15, 0.2) is 46.6 Å². The summed E-state index contributed by atoms with van der Waals surface area (Å²) in [4.78, 5) is 32.8. The molecule has 0 aliphatic rings. The van der Waals surface area contributed by atoms with Crippen LogP contribution in [0.4, 0.5) is 0 Å². The molecule has 2 heterocycles. The number of thiophene rings is 1. The van der Waals surface area contributed by atoms with Crippen molar-refractivity contribution < 1.29 is 4.79 Å². The molecule has 5 nitrogen and oxygen atoms in total. The lowest BCUT2D eigenvalue weighted by molar-refractivity contribution is -0.125. The third kappa shape index (κ3) is 3.60. The van der Waals surface area contributed by atoms with Crippen LogP contribution < -0.4 is 5.56 Å². The van der Waals surface area contributed by atoms with Crippen molar-refractivity contribution in [3.05, 3.63) is 69.1 Å². The van der Waals surface area contributed by atoms with E-state index in [1.54, 1.807) is 19.2 Å². The Hall–Kier alpha value is -2.73. The maximum absolute atomic E-state index is 12.2. The summed E-state index contributed by atoms with van der Waals surface area (Å²) >= 11 is 1.36. The highest BCUT2D eigenvalue weighted by molar-refractivity contribution is 7.17. The third-order valence-electron chi connectivity index (χ3n) is 3.62. The predicted octanol–water partition coefficient (Wildman–Crippen LogP) is 2.96. The van der Waals surface area contributed by atoms with Gasteiger partial charge in [-0.1, -0.05) is 29.8 Å². The van der Waals surface area contributed by atoms with Crippen LogP contribution in [0.1, 0.15) is 17.0 Å². The number of hydrogen-bond donors (Lipinski definition) is 1. The molecular formula is C18H17N3O2S. The van der Waals surface area contributed by atoms with Crippen LogP contribution in [-0.4, -0.2) is 27.8 Å². The molecule has 1 aromatic carbocycles. The standard InChI is InChI=1S/C18H17N3O2S/c1-12-3-5-13(6-4-12)7-8-16(22)21(2)11-15-19-14-9-10-24-17(14)18(23)20-15/h3-10H,11H2,1-2H3,(H,19,20,23)/b8-7+. The van der Waals surface area contributed by atoms with Crippen molar-refractivity contribution in [3.8, 4) is 0 Å². The van der Waals surface area contributed by atoms with Crippen LogP contribution in [0.2, 0.25) is 0 Å². The van der Waals surface area contributed by atoms with E-state index in [9.17, 15) is 9.59 Å². The molecule has 122 valence electrons. The zero-order chi connectivity index (χ0) is 17.1. The summed E-state index contributed by atoms with van der Waals surface area (Å²) in [6.45, 7) is 2.27. The van der Waals surface area contributed by atoms with Crippen molar-refractivity contribution in [2.45, 2.75) is 13.5 Å². The average molecular weight is 339 g/mol. The fraction of sp³-hybridized carbons (Fsp3) is 0.167. The van der Waals surface area contributed by atoms with Gasteiger partial charge in [-0.2, -0.15) is 0 Å². The Kier molecular flexibility index (Phi) is 4.57. The first-order chi connectivity index (χ1) is 11.5. The van der Waals surface area contributed by atoms with Gasteiger partial charge >= 0.3 is 0 Å². The number of hydrogen-bond acceptors (Lipinski definition) is 4. The number of amides is 1. The van der Waals surface area contributed by atoms with Crippen LogP contribution >= 0.6 is 11.3 Å². The Morgan fingerprint density at radius 1 is 1.29 bits per heavy atom. The number of carbonyl (C=O) groups excluding carboxylic acids is 1. The van der Waals surface area contributed by atoms with E-state index < -0.39 is 0 Å². The molecule has 6 heteroatoms. The quantitative estimate of drug-likeness (QED) is 0.743. The zero-order valence-corrected chi connectivity index (χ0v) is 14.3. The van der Waals surface area contributed by atoms with Crippen molar-refractivity contribution in [1.29, 1.82) is 0 Å². The van der Waals surface area contributed by atoms with Crippen molar-refractivity contribution in [2.75, 3.05) is 7.05 Å². The summed E-state index contributed by atoms with van der Waals surface area (Å²) in [5.41, 5.74) is 2.64. The van der Waals surface area contributed by atoms with Gasteiger partial charge in [-0.15, -0.1) is 11.3 Å². The molecule has 0 fully saturated rings. The van der Waals surface area contributed by atoms with Gasteiger partial charge < -0.3 is 9.88 Å². The fourth-order valence-corrected chi connectivity index (χ4v) is 3.00. The first-order valence-electron chi connectivity index (χ1n) is 7.49. The second kappa shape index (κ2) is 6.80. The molecule has 0 saturated carbocycles. The number of H-pyrrole nitrogens is 1. The normalized spacial score (nSPS) is 11.2. The van der Waals surface area contributed by atoms with Crippen molar-refractivity contribution in [2.24, 2.45) is 0 Å². The number of nitrogens with zero attached hydrogens (tertiary/aromatic N) is 2. The molecule has 1 amide bonds. The molecule has 0 atom stereocenters. The number of benzene rings is 1. The van der Waals surface area contributed by atoms with Crippen LogP contribution in [-0.2, 0) is 11.3 Å². The Bertz CT molecular complexity index is 954. The van der Waals surface area contributed by atoms with E-state index in [0.29, 0.717) is 16.0 Å². The van der Waals surface area contributed by atoms with E-state index in [0.717, 1.165) is 5.56 Å². The predicted molar refractivity (Wildman–Crippen MR) is 96.9 cm³/mol. The molecule has 0 radical (unpaired) electrons. The Morgan fingerprint density at radius 3 is 2.79 bits per heavy atom. The molecule has 3 rings (SSSR count). The summed E-state index contributed by atoms with van der Waals surface area (Å²) in [5.74, 6) is 0.328. The van der Waals surface area contributed by atoms with Gasteiger partial charge in [-0.3, -0.25) is 9.59 Å². The molecule has 0 aliphatic heterocycles. The maximum Gasteiger partial charge on any atom is 0.268 e. The molecule has 0 bridgehead atoms. The van der Waals surface area contributed by atoms with E-state index in [-0.39, 0.29) is 18.0 Å². The Morgan fingerprint density at radius 2 is 2.04 bits per heavy atom. The van der Waals surface area contributed by atoms with Crippen LogP contribution in [0.25, 0.3) is 16.3 Å². The SMILES string of the molecule is Cc1ccc(/C=C/C(=O)N(C)Cc2nc3ccsc3c(=O)[nH]2)cc1. The highest BCUT2D eigenvalue weighted by Gasteiger charge is 2.10. The fourth-order valence-electron chi connectivity index (χ4n) is 2.27. The van der Waals surface area contributed by atoms with Gasteiger partial charge in [0.2, 0.25) is 5.91 Å². The van der Waals surface area contributed by atoms with Crippen LogP contribution in [0.5, 0.6) is 0 Å². The average Bonchev–Trinajstić information content (AvgIpc) is 3.03. The zero-order valence-electron chi connectivity index (χ0n) is 13.4. The van der Waals surface area contributed by atoms with Gasteiger partial charge in [-0.25, -0.2) is 4.98 Å². The molecule has 0 aliphatic carbocycles. The lowest BCUT2D eigenvalue weighted by Gasteiger charge is -2.14. The molecular weight excluding hydrogens is 322 g/mol. The monoisotopic (exact) mass is 339 g/mol. The van der Waals surface area contributed by atoms with Crippen molar-refractivity contribution >= 4 is 33.5 Å². The van der Waals surface area contributed by atoms with E-state index >= 15 is 0 Å². The lowest BCUT2D eigenvalue weighted by Crippen LogP contribution is -2.26. The summed E-state index contributed by atoms with van der Waals surface area (Å²) in [5, 5.41) is 1.83. The second-order valence-electron chi connectivity index (χ2n) is 5.59. The van der Waals surface area contributed by atoms with E-state index in [1.807, 2.05) is 36.6 Å². The largest absolute Gasteiger partial charge is 0.335 e. The van der Waals surface area contributed by atoms with Crippen LogP contribution in [0, 0.1) is 6.92 Å². The number of aromatic amines is 1. The van der Waals surface area contributed by atoms with E-state index in [2.05, 4.69) is 9.97 Å². The number of fused-ring (bicyclic) bond motifs is 1. The van der Waals surface area contributed by atoms with Crippen molar-refractivity contribution in [3.63, 3.8) is 0 Å². The third-order valence-corrected chi connectivity index (χ3v) is 4.53.